The zero-order chi connectivity index (χ0) is 11.5. The predicted octanol–water partition coefficient (Wildman–Crippen LogP) is 1.45. The van der Waals surface area contributed by atoms with Gasteiger partial charge in [-0.3, -0.25) is 0 Å². The highest BCUT2D eigenvalue weighted by atomic mass is 32.2. The van der Waals surface area contributed by atoms with Crippen LogP contribution in [0.3, 0.4) is 0 Å². The number of rotatable bonds is 5. The van der Waals surface area contributed by atoms with Gasteiger partial charge in [0.1, 0.15) is 0 Å². The van der Waals surface area contributed by atoms with Crippen LogP contribution in [0.15, 0.2) is 0 Å². The second kappa shape index (κ2) is 5.30. The summed E-state index contributed by atoms with van der Waals surface area (Å²) in [6.07, 6.45) is 3.01. The molecule has 3 nitrogen and oxygen atoms in total. The lowest BCUT2D eigenvalue weighted by Gasteiger charge is -2.24. The van der Waals surface area contributed by atoms with Crippen molar-refractivity contribution in [3.05, 3.63) is 0 Å². The van der Waals surface area contributed by atoms with Gasteiger partial charge in [-0.1, -0.05) is 20.3 Å². The van der Waals surface area contributed by atoms with Gasteiger partial charge in [0.05, 0.1) is 11.5 Å². The van der Waals surface area contributed by atoms with E-state index < -0.39 is 9.84 Å². The highest BCUT2D eigenvalue weighted by Crippen LogP contribution is 2.25. The van der Waals surface area contributed by atoms with Gasteiger partial charge in [-0.05, 0) is 31.7 Å². The first kappa shape index (κ1) is 13.0. The van der Waals surface area contributed by atoms with Crippen LogP contribution < -0.4 is 5.32 Å². The van der Waals surface area contributed by atoms with E-state index in [1.165, 1.54) is 0 Å². The Morgan fingerprint density at radius 1 is 1.47 bits per heavy atom. The molecule has 0 bridgehead atoms. The maximum Gasteiger partial charge on any atom is 0.150 e. The molecule has 1 aliphatic heterocycles. The summed E-state index contributed by atoms with van der Waals surface area (Å²) in [5.74, 6) is 1.80. The number of sulfone groups is 1. The molecule has 1 N–H and O–H groups in total. The monoisotopic (exact) mass is 233 g/mol. The lowest BCUT2D eigenvalue weighted by molar-refractivity contribution is 0.325. The third kappa shape index (κ3) is 3.76. The molecule has 0 aromatic rings. The normalized spacial score (nSPS) is 28.9. The van der Waals surface area contributed by atoms with Gasteiger partial charge in [0.15, 0.2) is 9.84 Å². The van der Waals surface area contributed by atoms with Crippen molar-refractivity contribution in [1.82, 2.24) is 5.32 Å². The molecule has 1 rings (SSSR count). The molecule has 0 saturated carbocycles. The summed E-state index contributed by atoms with van der Waals surface area (Å²) in [6, 6.07) is 0.466. The Kier molecular flexibility index (Phi) is 4.59. The predicted molar refractivity (Wildman–Crippen MR) is 63.7 cm³/mol. The fourth-order valence-electron chi connectivity index (χ4n) is 2.34. The fraction of sp³-hybridized carbons (Fsp3) is 1.00. The Morgan fingerprint density at radius 3 is 2.53 bits per heavy atom. The first-order chi connectivity index (χ1) is 6.98. The van der Waals surface area contributed by atoms with E-state index >= 15 is 0 Å². The summed E-state index contributed by atoms with van der Waals surface area (Å²) in [5.41, 5.74) is 0. The van der Waals surface area contributed by atoms with Crippen LogP contribution in [0.25, 0.3) is 0 Å². The molecule has 4 heteroatoms. The molecule has 90 valence electrons. The lowest BCUT2D eigenvalue weighted by Crippen LogP contribution is -2.34. The average molecular weight is 233 g/mol. The Labute approximate surface area is 93.6 Å². The van der Waals surface area contributed by atoms with Gasteiger partial charge in [-0.25, -0.2) is 8.42 Å². The molecule has 0 aromatic carbocycles. The minimum atomic E-state index is -2.71. The number of hydrogen-bond acceptors (Lipinski definition) is 3. The molecule has 0 amide bonds. The van der Waals surface area contributed by atoms with Crippen LogP contribution in [0.4, 0.5) is 0 Å². The van der Waals surface area contributed by atoms with Crippen LogP contribution in [0.5, 0.6) is 0 Å². The molecule has 3 unspecified atom stereocenters. The van der Waals surface area contributed by atoms with Crippen molar-refractivity contribution in [2.24, 2.45) is 11.8 Å². The van der Waals surface area contributed by atoms with Crippen molar-refractivity contribution in [3.8, 4) is 0 Å². The Morgan fingerprint density at radius 2 is 2.13 bits per heavy atom. The second-order valence-electron chi connectivity index (χ2n) is 4.79. The Hall–Kier alpha value is -0.0900. The molecule has 1 aliphatic rings. The topological polar surface area (TPSA) is 46.2 Å². The highest BCUT2D eigenvalue weighted by molar-refractivity contribution is 7.91. The molecule has 0 spiro atoms. The summed E-state index contributed by atoms with van der Waals surface area (Å²) < 4.78 is 22.7. The van der Waals surface area contributed by atoms with Gasteiger partial charge in [0.25, 0.3) is 0 Å². The fourth-order valence-corrected chi connectivity index (χ4v) is 4.22. The molecule has 0 aliphatic carbocycles. The van der Waals surface area contributed by atoms with Gasteiger partial charge >= 0.3 is 0 Å². The molecule has 0 aromatic heterocycles. The SMILES string of the molecule is CCC(C)C(CC1CCS(=O)(=O)C1)NC. The van der Waals surface area contributed by atoms with Crippen LogP contribution in [0.1, 0.15) is 33.1 Å². The molecular formula is C11H23NO2S. The van der Waals surface area contributed by atoms with Crippen molar-refractivity contribution in [3.63, 3.8) is 0 Å². The average Bonchev–Trinajstić information content (AvgIpc) is 2.53. The van der Waals surface area contributed by atoms with Crippen LogP contribution in [0.2, 0.25) is 0 Å². The van der Waals surface area contributed by atoms with Crippen LogP contribution in [-0.4, -0.2) is 33.0 Å². The van der Waals surface area contributed by atoms with Crippen molar-refractivity contribution in [1.29, 1.82) is 0 Å². The molecule has 1 fully saturated rings. The maximum absolute atomic E-state index is 11.3. The minimum absolute atomic E-state index is 0.376. The number of hydrogen-bond donors (Lipinski definition) is 1. The van der Waals surface area contributed by atoms with E-state index in [0.29, 0.717) is 29.4 Å². The zero-order valence-electron chi connectivity index (χ0n) is 9.99. The van der Waals surface area contributed by atoms with Crippen molar-refractivity contribution in [2.45, 2.75) is 39.2 Å². The standard InChI is InChI=1S/C11H23NO2S/c1-4-9(2)11(12-3)7-10-5-6-15(13,14)8-10/h9-12H,4-8H2,1-3H3. The molecule has 3 atom stereocenters. The van der Waals surface area contributed by atoms with Gasteiger partial charge < -0.3 is 5.32 Å². The maximum atomic E-state index is 11.3. The third-order valence-electron chi connectivity index (χ3n) is 3.62. The van der Waals surface area contributed by atoms with Gasteiger partial charge in [0, 0.05) is 6.04 Å². The van der Waals surface area contributed by atoms with Gasteiger partial charge in [0.2, 0.25) is 0 Å². The summed E-state index contributed by atoms with van der Waals surface area (Å²) in [7, 11) is -0.737. The van der Waals surface area contributed by atoms with Crippen molar-refractivity contribution < 1.29 is 8.42 Å². The Bertz CT molecular complexity index is 287. The molecule has 1 heterocycles. The summed E-state index contributed by atoms with van der Waals surface area (Å²) in [5, 5.41) is 3.31. The van der Waals surface area contributed by atoms with E-state index in [1.807, 2.05) is 7.05 Å². The van der Waals surface area contributed by atoms with Crippen molar-refractivity contribution in [2.75, 3.05) is 18.6 Å². The smallest absolute Gasteiger partial charge is 0.150 e. The van der Waals surface area contributed by atoms with Gasteiger partial charge in [-0.15, -0.1) is 0 Å². The molecule has 1 saturated heterocycles. The second-order valence-corrected chi connectivity index (χ2v) is 7.01. The van der Waals surface area contributed by atoms with Crippen LogP contribution >= 0.6 is 0 Å². The summed E-state index contributed by atoms with van der Waals surface area (Å²) >= 11 is 0. The van der Waals surface area contributed by atoms with E-state index in [4.69, 9.17) is 0 Å². The van der Waals surface area contributed by atoms with E-state index in [9.17, 15) is 8.42 Å². The third-order valence-corrected chi connectivity index (χ3v) is 5.45. The quantitative estimate of drug-likeness (QED) is 0.781. The van der Waals surface area contributed by atoms with Crippen LogP contribution in [-0.2, 0) is 9.84 Å². The summed E-state index contributed by atoms with van der Waals surface area (Å²) in [6.45, 7) is 4.41. The zero-order valence-corrected chi connectivity index (χ0v) is 10.8. The van der Waals surface area contributed by atoms with Crippen molar-refractivity contribution >= 4 is 9.84 Å². The van der Waals surface area contributed by atoms with Crippen LogP contribution in [0, 0.1) is 11.8 Å². The minimum Gasteiger partial charge on any atom is -0.317 e. The summed E-state index contributed by atoms with van der Waals surface area (Å²) in [4.78, 5) is 0. The first-order valence-electron chi connectivity index (χ1n) is 5.86. The molecule has 0 radical (unpaired) electrons. The van der Waals surface area contributed by atoms with E-state index in [-0.39, 0.29) is 0 Å². The number of nitrogens with one attached hydrogen (secondary N) is 1. The Balaban J connectivity index is 2.47. The molecule has 15 heavy (non-hydrogen) atoms. The van der Waals surface area contributed by atoms with Gasteiger partial charge in [-0.2, -0.15) is 0 Å². The molecular weight excluding hydrogens is 210 g/mol. The lowest BCUT2D eigenvalue weighted by atomic mass is 9.90. The van der Waals surface area contributed by atoms with E-state index in [2.05, 4.69) is 19.2 Å². The largest absolute Gasteiger partial charge is 0.317 e. The van der Waals surface area contributed by atoms with E-state index in [1.54, 1.807) is 0 Å². The highest BCUT2D eigenvalue weighted by Gasteiger charge is 2.30. The first-order valence-corrected chi connectivity index (χ1v) is 7.68. The van der Waals surface area contributed by atoms with E-state index in [0.717, 1.165) is 19.3 Å².